The molecule has 8 heteroatoms. The summed E-state index contributed by atoms with van der Waals surface area (Å²) in [6.45, 7) is 0.0576. The number of fused-ring (bicyclic) bond motifs is 1. The maximum absolute atomic E-state index is 13.8. The maximum atomic E-state index is 13.8. The van der Waals surface area contributed by atoms with Crippen LogP contribution in [0.1, 0.15) is 28.2 Å². The molecule has 198 valence electrons. The lowest BCUT2D eigenvalue weighted by Crippen LogP contribution is -2.33. The van der Waals surface area contributed by atoms with Gasteiger partial charge in [0.25, 0.3) is 0 Å². The molecule has 0 saturated heterocycles. The van der Waals surface area contributed by atoms with Crippen LogP contribution in [0.15, 0.2) is 66.2 Å². The van der Waals surface area contributed by atoms with Gasteiger partial charge in [-0.2, -0.15) is 0 Å². The number of hydrogen-bond acceptors (Lipinski definition) is 8. The lowest BCUT2D eigenvalue weighted by atomic mass is 9.71. The summed E-state index contributed by atoms with van der Waals surface area (Å²) >= 11 is 0. The van der Waals surface area contributed by atoms with Crippen LogP contribution >= 0.6 is 0 Å². The van der Waals surface area contributed by atoms with Gasteiger partial charge in [0.15, 0.2) is 23.0 Å². The predicted octanol–water partition coefficient (Wildman–Crippen LogP) is 4.78. The van der Waals surface area contributed by atoms with E-state index in [1.165, 1.54) is 21.3 Å². The Kier molecular flexibility index (Phi) is 8.21. The van der Waals surface area contributed by atoms with Crippen molar-refractivity contribution in [3.8, 4) is 23.0 Å². The van der Waals surface area contributed by atoms with Crippen LogP contribution < -0.4 is 18.9 Å². The minimum absolute atomic E-state index is 0.0576. The Balaban J connectivity index is 1.90. The van der Waals surface area contributed by atoms with Crippen LogP contribution in [-0.2, 0) is 25.7 Å². The molecule has 0 heterocycles. The zero-order chi connectivity index (χ0) is 27.2. The van der Waals surface area contributed by atoms with Crippen molar-refractivity contribution >= 4 is 18.0 Å². The zero-order valence-electron chi connectivity index (χ0n) is 22.0. The second-order valence-electron chi connectivity index (χ2n) is 8.59. The van der Waals surface area contributed by atoms with Crippen molar-refractivity contribution < 1.29 is 38.0 Å². The Labute approximate surface area is 221 Å². The summed E-state index contributed by atoms with van der Waals surface area (Å²) < 4.78 is 32.9. The van der Waals surface area contributed by atoms with Gasteiger partial charge in [0, 0.05) is 5.92 Å². The predicted molar refractivity (Wildman–Crippen MR) is 141 cm³/mol. The van der Waals surface area contributed by atoms with E-state index in [4.69, 9.17) is 28.4 Å². The number of carbonyl (C=O) groups is 2. The molecule has 0 spiro atoms. The molecule has 0 fully saturated rings. The van der Waals surface area contributed by atoms with Crippen LogP contribution in [0.5, 0.6) is 23.0 Å². The van der Waals surface area contributed by atoms with E-state index in [0.717, 1.165) is 11.1 Å². The van der Waals surface area contributed by atoms with Crippen LogP contribution in [0.25, 0.3) is 6.08 Å². The van der Waals surface area contributed by atoms with Gasteiger partial charge in [-0.25, -0.2) is 4.79 Å². The first-order valence-electron chi connectivity index (χ1n) is 11.9. The molecule has 1 unspecified atom stereocenters. The molecule has 1 aliphatic rings. The fourth-order valence-electron chi connectivity index (χ4n) is 4.72. The summed E-state index contributed by atoms with van der Waals surface area (Å²) in [5, 5.41) is 0. The van der Waals surface area contributed by atoms with Crippen molar-refractivity contribution in [2.75, 3.05) is 35.5 Å². The van der Waals surface area contributed by atoms with Gasteiger partial charge in [-0.15, -0.1) is 0 Å². The van der Waals surface area contributed by atoms with E-state index in [2.05, 4.69) is 0 Å². The molecule has 0 saturated carbocycles. The molecular formula is C30H30O8. The Morgan fingerprint density at radius 3 is 2.00 bits per heavy atom. The highest BCUT2D eigenvalue weighted by Gasteiger charge is 2.43. The fraction of sp³-hybridized carbons (Fsp3) is 0.267. The van der Waals surface area contributed by atoms with Crippen LogP contribution in [0.2, 0.25) is 0 Å². The van der Waals surface area contributed by atoms with E-state index < -0.39 is 23.8 Å². The minimum Gasteiger partial charge on any atom is -0.493 e. The Bertz CT molecular complexity index is 1350. The standard InChI is InChI=1S/C30H30O8/c1-33-23-12-11-19(14-24(23)34-2)27-21-16-26(36-4)25(35-3)15-20(21)13-22(29(31)37-5)28(27)30(32)38-17-18-9-7-6-8-10-18/h6-16,27-28H,17H2,1-5H3/t27-,28?/m1/s1. The largest absolute Gasteiger partial charge is 0.493 e. The van der Waals surface area contributed by atoms with Crippen LogP contribution in [-0.4, -0.2) is 47.5 Å². The van der Waals surface area contributed by atoms with Crippen molar-refractivity contribution in [2.24, 2.45) is 5.92 Å². The lowest BCUT2D eigenvalue weighted by molar-refractivity contribution is -0.151. The monoisotopic (exact) mass is 518 g/mol. The number of methoxy groups -OCH3 is 5. The second kappa shape index (κ2) is 11.7. The molecule has 1 aliphatic carbocycles. The first-order chi connectivity index (χ1) is 18.4. The Hall–Kier alpha value is -4.46. The van der Waals surface area contributed by atoms with Gasteiger partial charge in [-0.1, -0.05) is 36.4 Å². The molecule has 4 rings (SSSR count). The third kappa shape index (κ3) is 5.16. The molecule has 0 aliphatic heterocycles. The SMILES string of the molecule is COC(=O)C1=Cc2cc(OC)c(OC)cc2[C@@H](c2ccc(OC)c(OC)c2)C1C(=O)OCc1ccccc1. The van der Waals surface area contributed by atoms with Crippen molar-refractivity contribution in [3.05, 3.63) is 88.5 Å². The number of benzene rings is 3. The molecule has 8 nitrogen and oxygen atoms in total. The molecular weight excluding hydrogens is 488 g/mol. The van der Waals surface area contributed by atoms with Crippen molar-refractivity contribution in [1.82, 2.24) is 0 Å². The third-order valence-electron chi connectivity index (χ3n) is 6.57. The van der Waals surface area contributed by atoms with Crippen LogP contribution in [0, 0.1) is 5.92 Å². The maximum Gasteiger partial charge on any atom is 0.334 e. The van der Waals surface area contributed by atoms with Gasteiger partial charge in [0.05, 0.1) is 47.0 Å². The summed E-state index contributed by atoms with van der Waals surface area (Å²) in [6.07, 6.45) is 1.65. The van der Waals surface area contributed by atoms with E-state index in [1.54, 1.807) is 38.5 Å². The van der Waals surface area contributed by atoms with E-state index in [9.17, 15) is 9.59 Å². The van der Waals surface area contributed by atoms with Gasteiger partial charge in [0.1, 0.15) is 6.61 Å². The number of carbonyl (C=O) groups excluding carboxylic acids is 2. The van der Waals surface area contributed by atoms with Gasteiger partial charge < -0.3 is 28.4 Å². The smallest absolute Gasteiger partial charge is 0.334 e. The highest BCUT2D eigenvalue weighted by atomic mass is 16.5. The highest BCUT2D eigenvalue weighted by molar-refractivity contribution is 6.02. The van der Waals surface area contributed by atoms with E-state index >= 15 is 0 Å². The summed E-state index contributed by atoms with van der Waals surface area (Å²) in [5.74, 6) is -0.833. The number of ether oxygens (including phenoxy) is 6. The van der Waals surface area contributed by atoms with Crippen LogP contribution in [0.3, 0.4) is 0 Å². The van der Waals surface area contributed by atoms with E-state index in [1.807, 2.05) is 42.5 Å². The molecule has 2 atom stereocenters. The molecule has 0 radical (unpaired) electrons. The quantitative estimate of drug-likeness (QED) is 0.374. The number of esters is 2. The molecule has 38 heavy (non-hydrogen) atoms. The van der Waals surface area contributed by atoms with Crippen molar-refractivity contribution in [3.63, 3.8) is 0 Å². The summed E-state index contributed by atoms with van der Waals surface area (Å²) in [5.41, 5.74) is 3.16. The van der Waals surface area contributed by atoms with Gasteiger partial charge in [0.2, 0.25) is 0 Å². The van der Waals surface area contributed by atoms with E-state index in [0.29, 0.717) is 34.1 Å². The topological polar surface area (TPSA) is 89.5 Å². The Morgan fingerprint density at radius 1 is 0.737 bits per heavy atom. The molecule has 3 aromatic carbocycles. The summed E-state index contributed by atoms with van der Waals surface area (Å²) in [4.78, 5) is 26.8. The van der Waals surface area contributed by atoms with E-state index in [-0.39, 0.29) is 12.2 Å². The zero-order valence-corrected chi connectivity index (χ0v) is 22.0. The molecule has 0 N–H and O–H groups in total. The molecule has 3 aromatic rings. The minimum atomic E-state index is -1.00. The molecule has 0 amide bonds. The van der Waals surface area contributed by atoms with Crippen molar-refractivity contribution in [1.29, 1.82) is 0 Å². The lowest BCUT2D eigenvalue weighted by Gasteiger charge is -2.33. The first kappa shape index (κ1) is 26.6. The van der Waals surface area contributed by atoms with Gasteiger partial charge >= 0.3 is 11.9 Å². The number of rotatable bonds is 9. The summed E-state index contributed by atoms with van der Waals surface area (Å²) in [6, 6.07) is 18.3. The van der Waals surface area contributed by atoms with Gasteiger partial charge in [-0.05, 0) is 52.6 Å². The average Bonchev–Trinajstić information content (AvgIpc) is 2.97. The summed E-state index contributed by atoms with van der Waals surface area (Å²) in [7, 11) is 7.45. The van der Waals surface area contributed by atoms with Crippen LogP contribution in [0.4, 0.5) is 0 Å². The van der Waals surface area contributed by atoms with Crippen molar-refractivity contribution in [2.45, 2.75) is 12.5 Å². The first-order valence-corrected chi connectivity index (χ1v) is 11.9. The van der Waals surface area contributed by atoms with Gasteiger partial charge in [-0.3, -0.25) is 4.79 Å². The normalized spacial score (nSPS) is 16.0. The molecule has 0 aromatic heterocycles. The fourth-order valence-corrected chi connectivity index (χ4v) is 4.72. The highest BCUT2D eigenvalue weighted by Crippen LogP contribution is 2.48. The Morgan fingerprint density at radius 2 is 1.37 bits per heavy atom. The average molecular weight is 519 g/mol. The second-order valence-corrected chi connectivity index (χ2v) is 8.59. The third-order valence-corrected chi connectivity index (χ3v) is 6.57. The molecule has 0 bridgehead atoms. The number of hydrogen-bond donors (Lipinski definition) is 0.